The monoisotopic (exact) mass is 542 g/mol. The minimum Gasteiger partial charge on any atom is -0.490 e. The van der Waals surface area contributed by atoms with Crippen LogP contribution in [0.3, 0.4) is 0 Å². The second-order valence-corrected chi connectivity index (χ2v) is 8.62. The van der Waals surface area contributed by atoms with E-state index < -0.39 is 28.0 Å². The Morgan fingerprint density at radius 2 is 1.67 bits per heavy atom. The summed E-state index contributed by atoms with van der Waals surface area (Å²) in [5, 5.41) is 3.96. The van der Waals surface area contributed by atoms with Crippen LogP contribution in [0.25, 0.3) is 6.08 Å². The van der Waals surface area contributed by atoms with Crippen LogP contribution in [0.15, 0.2) is 52.9 Å². The normalized spacial score (nSPS) is 14.1. The summed E-state index contributed by atoms with van der Waals surface area (Å²) in [6, 6.07) is 9.69. The summed E-state index contributed by atoms with van der Waals surface area (Å²) in [4.78, 5) is 35.0. The fourth-order valence-corrected chi connectivity index (χ4v) is 4.40. The van der Waals surface area contributed by atoms with Crippen LogP contribution in [0, 0.1) is 3.57 Å². The van der Waals surface area contributed by atoms with Crippen LogP contribution in [0.4, 0.5) is 4.79 Å². The number of carbonyl (C=O) groups is 3. The zero-order valence-corrected chi connectivity index (χ0v) is 18.4. The van der Waals surface area contributed by atoms with Gasteiger partial charge in [0.05, 0.1) is 10.2 Å². The lowest BCUT2D eigenvalue weighted by molar-refractivity contribution is -0.123. The number of benzene rings is 2. The third kappa shape index (κ3) is 4.79. The predicted octanol–water partition coefficient (Wildman–Crippen LogP) is 2.21. The molecular formula is C19H15IN2O7S. The summed E-state index contributed by atoms with van der Waals surface area (Å²) >= 11 is 1.86. The van der Waals surface area contributed by atoms with Crippen LogP contribution in [0.1, 0.15) is 12.5 Å². The van der Waals surface area contributed by atoms with Crippen molar-refractivity contribution < 1.29 is 31.7 Å². The third-order valence-electron chi connectivity index (χ3n) is 3.81. The highest BCUT2D eigenvalue weighted by Crippen LogP contribution is 2.37. The van der Waals surface area contributed by atoms with E-state index in [4.69, 9.17) is 8.92 Å². The van der Waals surface area contributed by atoms with Crippen molar-refractivity contribution in [2.45, 2.75) is 11.8 Å². The lowest BCUT2D eigenvalue weighted by atomic mass is 10.1. The van der Waals surface area contributed by atoms with Crippen LogP contribution >= 0.6 is 22.6 Å². The average molecular weight is 542 g/mol. The van der Waals surface area contributed by atoms with Gasteiger partial charge >= 0.3 is 16.1 Å². The van der Waals surface area contributed by atoms with Crippen molar-refractivity contribution in [2.75, 3.05) is 6.61 Å². The fourth-order valence-electron chi connectivity index (χ4n) is 2.53. The third-order valence-corrected chi connectivity index (χ3v) is 5.85. The quantitative estimate of drug-likeness (QED) is 0.248. The van der Waals surface area contributed by atoms with Crippen LogP contribution in [0.2, 0.25) is 0 Å². The number of imide groups is 2. The molecule has 0 unspecified atom stereocenters. The lowest BCUT2D eigenvalue weighted by Gasteiger charge is -2.16. The summed E-state index contributed by atoms with van der Waals surface area (Å²) in [7, 11) is -4.11. The molecule has 0 saturated carbocycles. The van der Waals surface area contributed by atoms with E-state index in [1.54, 1.807) is 25.1 Å². The molecule has 4 amide bonds. The molecule has 1 saturated heterocycles. The number of nitrogens with one attached hydrogen (secondary N) is 2. The number of urea groups is 1. The Morgan fingerprint density at radius 3 is 2.27 bits per heavy atom. The number of rotatable bonds is 6. The van der Waals surface area contributed by atoms with Crippen LogP contribution < -0.4 is 19.6 Å². The van der Waals surface area contributed by atoms with E-state index in [2.05, 4.69) is 0 Å². The number of halogens is 1. The summed E-state index contributed by atoms with van der Waals surface area (Å²) in [6.07, 6.45) is 1.26. The van der Waals surface area contributed by atoms with E-state index in [9.17, 15) is 22.8 Å². The van der Waals surface area contributed by atoms with Gasteiger partial charge in [-0.25, -0.2) is 4.79 Å². The van der Waals surface area contributed by atoms with E-state index in [0.717, 1.165) is 0 Å². The van der Waals surface area contributed by atoms with E-state index in [-0.39, 0.29) is 28.6 Å². The van der Waals surface area contributed by atoms with Gasteiger partial charge in [-0.2, -0.15) is 8.42 Å². The Hall–Kier alpha value is -2.93. The first kappa shape index (κ1) is 21.8. The highest BCUT2D eigenvalue weighted by atomic mass is 127. The van der Waals surface area contributed by atoms with Crippen LogP contribution in [-0.2, 0) is 19.7 Å². The molecule has 2 aromatic carbocycles. The van der Waals surface area contributed by atoms with Crippen molar-refractivity contribution in [3.8, 4) is 11.5 Å². The van der Waals surface area contributed by atoms with Crippen molar-refractivity contribution in [1.29, 1.82) is 0 Å². The molecule has 11 heteroatoms. The molecule has 1 heterocycles. The Labute approximate surface area is 185 Å². The molecule has 9 nitrogen and oxygen atoms in total. The van der Waals surface area contributed by atoms with Gasteiger partial charge in [0.25, 0.3) is 11.8 Å². The number of carbonyl (C=O) groups excluding carboxylic acids is 3. The molecule has 1 aliphatic heterocycles. The second kappa shape index (κ2) is 8.83. The van der Waals surface area contributed by atoms with Gasteiger partial charge in [-0.05, 0) is 65.4 Å². The standard InChI is InChI=1S/C19H15IN2O7S/c1-2-28-15-10-11(8-13-17(23)21-19(25)22-18(13)24)9-14(20)16(15)29-30(26,27)12-6-4-3-5-7-12/h3-10H,2H2,1H3,(H2,21,22,23,24,25). The van der Waals surface area contributed by atoms with Crippen molar-refractivity contribution in [3.63, 3.8) is 0 Å². The van der Waals surface area contributed by atoms with Gasteiger partial charge in [0.15, 0.2) is 11.5 Å². The molecule has 0 aromatic heterocycles. The average Bonchev–Trinajstić information content (AvgIpc) is 2.68. The van der Waals surface area contributed by atoms with E-state index in [0.29, 0.717) is 9.13 Å². The zero-order chi connectivity index (χ0) is 21.9. The van der Waals surface area contributed by atoms with Gasteiger partial charge in [-0.1, -0.05) is 18.2 Å². The highest BCUT2D eigenvalue weighted by molar-refractivity contribution is 14.1. The summed E-state index contributed by atoms with van der Waals surface area (Å²) in [5.41, 5.74) is 0.0976. The number of ether oxygens (including phenoxy) is 1. The number of hydrogen-bond donors (Lipinski definition) is 2. The maximum absolute atomic E-state index is 12.6. The number of barbiturate groups is 1. The first-order chi connectivity index (χ1) is 14.2. The smallest absolute Gasteiger partial charge is 0.339 e. The summed E-state index contributed by atoms with van der Waals surface area (Å²) in [6.45, 7) is 1.93. The molecule has 156 valence electrons. The highest BCUT2D eigenvalue weighted by Gasteiger charge is 2.28. The molecule has 0 bridgehead atoms. The van der Waals surface area contributed by atoms with E-state index >= 15 is 0 Å². The SMILES string of the molecule is CCOc1cc(C=C2C(=O)NC(=O)NC2=O)cc(I)c1OS(=O)(=O)c1ccccc1. The molecule has 0 atom stereocenters. The maximum atomic E-state index is 12.6. The van der Waals surface area contributed by atoms with E-state index in [1.807, 2.05) is 33.2 Å². The molecule has 30 heavy (non-hydrogen) atoms. The number of amides is 4. The minimum atomic E-state index is -4.11. The largest absolute Gasteiger partial charge is 0.490 e. The predicted molar refractivity (Wildman–Crippen MR) is 114 cm³/mol. The number of hydrogen-bond acceptors (Lipinski definition) is 7. The van der Waals surface area contributed by atoms with Gasteiger partial charge in [0, 0.05) is 0 Å². The molecule has 1 fully saturated rings. The Bertz CT molecular complexity index is 1140. The van der Waals surface area contributed by atoms with Gasteiger partial charge in [-0.15, -0.1) is 0 Å². The molecular weight excluding hydrogens is 527 g/mol. The fraction of sp³-hybridized carbons (Fsp3) is 0.105. The van der Waals surface area contributed by atoms with Gasteiger partial charge in [0.1, 0.15) is 10.5 Å². The molecule has 3 rings (SSSR count). The van der Waals surface area contributed by atoms with Crippen LogP contribution in [0.5, 0.6) is 11.5 Å². The van der Waals surface area contributed by atoms with E-state index in [1.165, 1.54) is 30.3 Å². The Kier molecular flexibility index (Phi) is 6.41. The first-order valence-corrected chi connectivity index (χ1v) is 11.0. The first-order valence-electron chi connectivity index (χ1n) is 8.55. The second-order valence-electron chi connectivity index (χ2n) is 5.91. The van der Waals surface area contributed by atoms with Crippen LogP contribution in [-0.4, -0.2) is 32.9 Å². The molecule has 2 N–H and O–H groups in total. The molecule has 0 spiro atoms. The summed E-state index contributed by atoms with van der Waals surface area (Å²) < 4.78 is 36.4. The molecule has 1 aliphatic rings. The molecule has 2 aromatic rings. The Morgan fingerprint density at radius 1 is 1.03 bits per heavy atom. The van der Waals surface area contributed by atoms with Crippen molar-refractivity contribution in [3.05, 3.63) is 57.2 Å². The minimum absolute atomic E-state index is 0.0174. The van der Waals surface area contributed by atoms with Crippen molar-refractivity contribution in [2.24, 2.45) is 0 Å². The zero-order valence-electron chi connectivity index (χ0n) is 15.5. The van der Waals surface area contributed by atoms with Crippen molar-refractivity contribution in [1.82, 2.24) is 10.6 Å². The topological polar surface area (TPSA) is 128 Å². The molecule has 0 radical (unpaired) electrons. The van der Waals surface area contributed by atoms with Gasteiger partial charge in [0.2, 0.25) is 0 Å². The van der Waals surface area contributed by atoms with Gasteiger partial charge < -0.3 is 8.92 Å². The molecule has 0 aliphatic carbocycles. The van der Waals surface area contributed by atoms with Crippen molar-refractivity contribution >= 4 is 56.6 Å². The Balaban J connectivity index is 2.01. The summed E-state index contributed by atoms with van der Waals surface area (Å²) in [5.74, 6) is -1.59. The van der Waals surface area contributed by atoms with Gasteiger partial charge in [-0.3, -0.25) is 20.2 Å². The lowest BCUT2D eigenvalue weighted by Crippen LogP contribution is -2.51. The maximum Gasteiger partial charge on any atom is 0.339 e.